The fourth-order valence-corrected chi connectivity index (χ4v) is 1.48. The summed E-state index contributed by atoms with van der Waals surface area (Å²) in [5.74, 6) is 0. The van der Waals surface area contributed by atoms with Crippen LogP contribution in [0.1, 0.15) is 32.6 Å². The van der Waals surface area contributed by atoms with Crippen molar-refractivity contribution in [3.8, 4) is 0 Å². The molecule has 20 heavy (non-hydrogen) atoms. The Morgan fingerprint density at radius 3 is 1.50 bits per heavy atom. The quantitative estimate of drug-likeness (QED) is 0.442. The van der Waals surface area contributed by atoms with Gasteiger partial charge in [-0.15, -0.1) is 12.4 Å². The topological polar surface area (TPSA) is 62.9 Å². The third-order valence-electron chi connectivity index (χ3n) is 2.52. The second kappa shape index (κ2) is 21.4. The van der Waals surface area contributed by atoms with Crippen LogP contribution in [-0.4, -0.2) is 59.4 Å². The van der Waals surface area contributed by atoms with Crippen LogP contribution >= 0.6 is 12.4 Å². The number of nitrogens with two attached hydrogens (primary N) is 1. The van der Waals surface area contributed by atoms with Gasteiger partial charge < -0.3 is 24.7 Å². The molecule has 0 atom stereocenters. The van der Waals surface area contributed by atoms with Crippen molar-refractivity contribution in [3.63, 3.8) is 0 Å². The van der Waals surface area contributed by atoms with Crippen LogP contribution in [0.15, 0.2) is 0 Å². The predicted octanol–water partition coefficient (Wildman–Crippen LogP) is 2.01. The number of ether oxygens (including phenoxy) is 4. The summed E-state index contributed by atoms with van der Waals surface area (Å²) >= 11 is 0. The Balaban J connectivity index is 0. The van der Waals surface area contributed by atoms with E-state index in [1.165, 1.54) is 19.3 Å². The fourth-order valence-electron chi connectivity index (χ4n) is 1.48. The Kier molecular flexibility index (Phi) is 23.9. The van der Waals surface area contributed by atoms with Crippen molar-refractivity contribution >= 4 is 12.4 Å². The molecule has 0 aromatic carbocycles. The number of rotatable bonds is 16. The summed E-state index contributed by atoms with van der Waals surface area (Å²) < 4.78 is 21.3. The van der Waals surface area contributed by atoms with Gasteiger partial charge in [0.2, 0.25) is 0 Å². The van der Waals surface area contributed by atoms with E-state index in [1.54, 1.807) is 0 Å². The van der Waals surface area contributed by atoms with Gasteiger partial charge in [-0.3, -0.25) is 0 Å². The lowest BCUT2D eigenvalue weighted by molar-refractivity contribution is -0.00134. The van der Waals surface area contributed by atoms with E-state index < -0.39 is 0 Å². The molecule has 0 aromatic heterocycles. The van der Waals surface area contributed by atoms with Gasteiger partial charge in [0.05, 0.1) is 46.2 Å². The van der Waals surface area contributed by atoms with Crippen LogP contribution < -0.4 is 5.73 Å². The highest BCUT2D eigenvalue weighted by Crippen LogP contribution is 1.98. The second-order valence-electron chi connectivity index (χ2n) is 4.30. The third-order valence-corrected chi connectivity index (χ3v) is 2.52. The SMILES string of the molecule is CCCCCCOCCOCCOCCOCCN.Cl. The van der Waals surface area contributed by atoms with Gasteiger partial charge in [0.15, 0.2) is 0 Å². The third kappa shape index (κ3) is 20.4. The van der Waals surface area contributed by atoms with Gasteiger partial charge in [0.25, 0.3) is 0 Å². The first-order valence-corrected chi connectivity index (χ1v) is 7.42. The summed E-state index contributed by atoms with van der Waals surface area (Å²) in [7, 11) is 0. The van der Waals surface area contributed by atoms with E-state index in [0.29, 0.717) is 52.8 Å². The average Bonchev–Trinajstić information content (AvgIpc) is 2.43. The molecule has 0 heterocycles. The molecule has 0 aliphatic rings. The maximum Gasteiger partial charge on any atom is 0.0701 e. The average molecular weight is 314 g/mol. The highest BCUT2D eigenvalue weighted by molar-refractivity contribution is 5.85. The van der Waals surface area contributed by atoms with Crippen LogP contribution in [0.2, 0.25) is 0 Å². The molecule has 0 radical (unpaired) electrons. The molecule has 6 heteroatoms. The molecule has 0 aromatic rings. The molecule has 0 saturated carbocycles. The van der Waals surface area contributed by atoms with Gasteiger partial charge in [0, 0.05) is 13.2 Å². The predicted molar refractivity (Wildman–Crippen MR) is 83.7 cm³/mol. The van der Waals surface area contributed by atoms with E-state index >= 15 is 0 Å². The minimum absolute atomic E-state index is 0. The standard InChI is InChI=1S/C14H31NO4.ClH/c1-2-3-4-5-7-16-9-11-18-13-14-19-12-10-17-8-6-15;/h2-15H2,1H3;1H. The molecule has 0 aliphatic carbocycles. The lowest BCUT2D eigenvalue weighted by Crippen LogP contribution is -2.14. The van der Waals surface area contributed by atoms with Crippen molar-refractivity contribution in [2.24, 2.45) is 5.73 Å². The summed E-state index contributed by atoms with van der Waals surface area (Å²) in [6, 6.07) is 0. The normalized spacial score (nSPS) is 10.5. The van der Waals surface area contributed by atoms with E-state index in [9.17, 15) is 0 Å². The monoisotopic (exact) mass is 313 g/mol. The number of unbranched alkanes of at least 4 members (excludes halogenated alkanes) is 3. The molecular weight excluding hydrogens is 282 g/mol. The first-order chi connectivity index (χ1) is 9.41. The smallest absolute Gasteiger partial charge is 0.0701 e. The van der Waals surface area contributed by atoms with Crippen LogP contribution in [0.3, 0.4) is 0 Å². The van der Waals surface area contributed by atoms with Gasteiger partial charge in [0.1, 0.15) is 0 Å². The summed E-state index contributed by atoms with van der Waals surface area (Å²) in [5, 5.41) is 0. The highest BCUT2D eigenvalue weighted by Gasteiger charge is 1.92. The molecule has 2 N–H and O–H groups in total. The molecule has 5 nitrogen and oxygen atoms in total. The molecule has 0 amide bonds. The molecule has 0 spiro atoms. The number of halogens is 1. The van der Waals surface area contributed by atoms with Crippen molar-refractivity contribution in [1.29, 1.82) is 0 Å². The van der Waals surface area contributed by atoms with Crippen molar-refractivity contribution in [2.45, 2.75) is 32.6 Å². The largest absolute Gasteiger partial charge is 0.379 e. The fraction of sp³-hybridized carbons (Fsp3) is 1.00. The van der Waals surface area contributed by atoms with Crippen LogP contribution in [-0.2, 0) is 18.9 Å². The molecule has 124 valence electrons. The lowest BCUT2D eigenvalue weighted by Gasteiger charge is -2.07. The maximum atomic E-state index is 5.45. The van der Waals surface area contributed by atoms with Crippen molar-refractivity contribution in [2.75, 3.05) is 59.4 Å². The van der Waals surface area contributed by atoms with Crippen molar-refractivity contribution in [3.05, 3.63) is 0 Å². The van der Waals surface area contributed by atoms with E-state index in [4.69, 9.17) is 24.7 Å². The van der Waals surface area contributed by atoms with Crippen LogP contribution in [0.25, 0.3) is 0 Å². The van der Waals surface area contributed by atoms with Crippen molar-refractivity contribution in [1.82, 2.24) is 0 Å². The Labute approximate surface area is 129 Å². The van der Waals surface area contributed by atoms with Crippen molar-refractivity contribution < 1.29 is 18.9 Å². The summed E-state index contributed by atoms with van der Waals surface area (Å²) in [6.07, 6.45) is 4.98. The zero-order chi connectivity index (χ0) is 14.0. The van der Waals surface area contributed by atoms with Gasteiger partial charge in [-0.2, -0.15) is 0 Å². The number of hydrogen-bond donors (Lipinski definition) is 1. The van der Waals surface area contributed by atoms with E-state index in [0.717, 1.165) is 13.0 Å². The van der Waals surface area contributed by atoms with Crippen LogP contribution in [0, 0.1) is 0 Å². The molecule has 0 aliphatic heterocycles. The Morgan fingerprint density at radius 2 is 1.05 bits per heavy atom. The molecule has 0 saturated heterocycles. The van der Waals surface area contributed by atoms with Crippen LogP contribution in [0.5, 0.6) is 0 Å². The first kappa shape index (κ1) is 22.4. The summed E-state index contributed by atoms with van der Waals surface area (Å²) in [5.41, 5.74) is 5.29. The Morgan fingerprint density at radius 1 is 0.600 bits per heavy atom. The highest BCUT2D eigenvalue weighted by atomic mass is 35.5. The van der Waals surface area contributed by atoms with E-state index in [1.807, 2.05) is 0 Å². The lowest BCUT2D eigenvalue weighted by atomic mass is 10.2. The second-order valence-corrected chi connectivity index (χ2v) is 4.30. The maximum absolute atomic E-state index is 5.45. The first-order valence-electron chi connectivity index (χ1n) is 7.42. The van der Waals surface area contributed by atoms with Gasteiger partial charge >= 0.3 is 0 Å². The Bertz CT molecular complexity index is 148. The van der Waals surface area contributed by atoms with Gasteiger partial charge in [-0.05, 0) is 6.42 Å². The molecular formula is C14H32ClNO4. The van der Waals surface area contributed by atoms with Gasteiger partial charge in [-0.25, -0.2) is 0 Å². The van der Waals surface area contributed by atoms with E-state index in [2.05, 4.69) is 6.92 Å². The van der Waals surface area contributed by atoms with Crippen LogP contribution in [0.4, 0.5) is 0 Å². The number of hydrogen-bond acceptors (Lipinski definition) is 5. The van der Waals surface area contributed by atoms with Gasteiger partial charge in [-0.1, -0.05) is 26.2 Å². The molecule has 0 bridgehead atoms. The molecule has 0 fully saturated rings. The summed E-state index contributed by atoms with van der Waals surface area (Å²) in [4.78, 5) is 0. The Hall–Kier alpha value is 0.0900. The zero-order valence-corrected chi connectivity index (χ0v) is 13.6. The zero-order valence-electron chi connectivity index (χ0n) is 12.8. The molecule has 0 rings (SSSR count). The van der Waals surface area contributed by atoms with E-state index in [-0.39, 0.29) is 12.4 Å². The minimum Gasteiger partial charge on any atom is -0.379 e. The summed E-state index contributed by atoms with van der Waals surface area (Å²) in [6.45, 7) is 7.91. The molecule has 0 unspecified atom stereocenters. The minimum atomic E-state index is 0.